The van der Waals surface area contributed by atoms with Crippen molar-refractivity contribution in [1.82, 2.24) is 20.1 Å². The first-order valence-corrected chi connectivity index (χ1v) is 9.79. The molecule has 0 spiro atoms. The van der Waals surface area contributed by atoms with Gasteiger partial charge in [-0.05, 0) is 31.0 Å². The second-order valence-corrected chi connectivity index (χ2v) is 7.77. The number of hydrogen-bond donors (Lipinski definition) is 1. The van der Waals surface area contributed by atoms with E-state index in [2.05, 4.69) is 15.2 Å². The van der Waals surface area contributed by atoms with Crippen molar-refractivity contribution in [3.63, 3.8) is 0 Å². The van der Waals surface area contributed by atoms with E-state index in [0.717, 1.165) is 49.7 Å². The lowest BCUT2D eigenvalue weighted by molar-refractivity contribution is 0.0779. The van der Waals surface area contributed by atoms with Gasteiger partial charge >= 0.3 is 0 Å². The molecule has 8 heteroatoms. The van der Waals surface area contributed by atoms with Crippen LogP contribution < -0.4 is 0 Å². The first kappa shape index (κ1) is 19.0. The molecule has 1 saturated heterocycles. The Bertz CT molecular complexity index is 850. The van der Waals surface area contributed by atoms with Crippen LogP contribution in [0.15, 0.2) is 18.2 Å². The minimum absolute atomic E-state index is 0.134. The van der Waals surface area contributed by atoms with Crippen LogP contribution in [0.25, 0.3) is 0 Å². The fraction of sp³-hybridized carbons (Fsp3) is 0.550. The van der Waals surface area contributed by atoms with Crippen LogP contribution in [0.3, 0.4) is 0 Å². The Morgan fingerprint density at radius 2 is 1.96 bits per heavy atom. The largest absolute Gasteiger partial charge is 0.337 e. The number of H-pyrrole nitrogens is 1. The van der Waals surface area contributed by atoms with Gasteiger partial charge in [0.05, 0.1) is 12.2 Å². The van der Waals surface area contributed by atoms with E-state index < -0.39 is 30.1 Å². The first-order chi connectivity index (χ1) is 13.6. The maximum absolute atomic E-state index is 14.0. The minimum atomic E-state index is -0.786. The Kier molecular flexibility index (Phi) is 5.37. The maximum Gasteiger partial charge on any atom is 0.256 e. The van der Waals surface area contributed by atoms with Gasteiger partial charge in [-0.15, -0.1) is 0 Å². The summed E-state index contributed by atoms with van der Waals surface area (Å²) in [6, 6.07) is 2.77. The van der Waals surface area contributed by atoms with E-state index in [9.17, 15) is 18.0 Å². The molecule has 0 radical (unpaired) electrons. The van der Waals surface area contributed by atoms with Gasteiger partial charge in [-0.2, -0.15) is 5.10 Å². The van der Waals surface area contributed by atoms with Crippen LogP contribution >= 0.6 is 0 Å². The average Bonchev–Trinajstić information content (AvgIpc) is 3.37. The zero-order valence-corrected chi connectivity index (χ0v) is 15.5. The average molecular weight is 392 g/mol. The van der Waals surface area contributed by atoms with E-state index in [0.29, 0.717) is 11.7 Å². The van der Waals surface area contributed by atoms with Crippen LogP contribution in [0, 0.1) is 17.6 Å². The molecule has 2 aromatic rings. The Morgan fingerprint density at radius 3 is 2.71 bits per heavy atom. The molecule has 28 heavy (non-hydrogen) atoms. The number of aromatic nitrogens is 3. The van der Waals surface area contributed by atoms with E-state index in [-0.39, 0.29) is 24.6 Å². The van der Waals surface area contributed by atoms with Gasteiger partial charge in [-0.1, -0.05) is 19.3 Å². The second-order valence-electron chi connectivity index (χ2n) is 7.77. The van der Waals surface area contributed by atoms with E-state index in [1.54, 1.807) is 0 Å². The first-order valence-electron chi connectivity index (χ1n) is 9.79. The molecule has 5 nitrogen and oxygen atoms in total. The third-order valence-corrected chi connectivity index (χ3v) is 5.93. The fourth-order valence-electron chi connectivity index (χ4n) is 4.33. The highest BCUT2D eigenvalue weighted by molar-refractivity contribution is 5.94. The van der Waals surface area contributed by atoms with Crippen molar-refractivity contribution >= 4 is 5.91 Å². The van der Waals surface area contributed by atoms with Crippen molar-refractivity contribution in [1.29, 1.82) is 0 Å². The van der Waals surface area contributed by atoms with Gasteiger partial charge in [0.15, 0.2) is 5.82 Å². The molecule has 2 aliphatic rings. The molecule has 2 fully saturated rings. The van der Waals surface area contributed by atoms with Gasteiger partial charge in [0, 0.05) is 30.8 Å². The minimum Gasteiger partial charge on any atom is -0.337 e. The standard InChI is InChI=1S/C20H23F3N4O/c21-9-13-10-27(20(28)15-8-14(22)6-7-17(15)23)11-16(13)19-24-18(25-26-19)12-4-2-1-3-5-12/h6-8,12-13,16H,1-5,9-11H2,(H,24,25,26)/t13-,16-/m1/s1. The second kappa shape index (κ2) is 7.93. The van der Waals surface area contributed by atoms with Crippen molar-refractivity contribution in [3.8, 4) is 0 Å². The predicted molar refractivity (Wildman–Crippen MR) is 96.7 cm³/mol. The molecule has 150 valence electrons. The van der Waals surface area contributed by atoms with E-state index >= 15 is 0 Å². The molecule has 1 aromatic carbocycles. The summed E-state index contributed by atoms with van der Waals surface area (Å²) in [6.45, 7) is -0.294. The summed E-state index contributed by atoms with van der Waals surface area (Å²) in [6.07, 6.45) is 5.66. The van der Waals surface area contributed by atoms with Gasteiger partial charge in [0.2, 0.25) is 0 Å². The molecular weight excluding hydrogens is 369 g/mol. The molecular formula is C20H23F3N4O. The van der Waals surface area contributed by atoms with Crippen LogP contribution in [-0.2, 0) is 0 Å². The molecule has 1 aliphatic heterocycles. The van der Waals surface area contributed by atoms with Crippen LogP contribution in [-0.4, -0.2) is 45.8 Å². The highest BCUT2D eigenvalue weighted by Gasteiger charge is 2.39. The highest BCUT2D eigenvalue weighted by atomic mass is 19.1. The zero-order valence-electron chi connectivity index (χ0n) is 15.5. The van der Waals surface area contributed by atoms with E-state index in [1.165, 1.54) is 11.3 Å². The lowest BCUT2D eigenvalue weighted by Crippen LogP contribution is -2.30. The fourth-order valence-corrected chi connectivity index (χ4v) is 4.33. The van der Waals surface area contributed by atoms with Crippen molar-refractivity contribution in [2.75, 3.05) is 19.8 Å². The van der Waals surface area contributed by atoms with E-state index in [4.69, 9.17) is 0 Å². The number of rotatable bonds is 4. The lowest BCUT2D eigenvalue weighted by atomic mass is 9.89. The normalized spacial score (nSPS) is 23.3. The third kappa shape index (κ3) is 3.64. The van der Waals surface area contributed by atoms with Gasteiger partial charge in [0.1, 0.15) is 17.5 Å². The highest BCUT2D eigenvalue weighted by Crippen LogP contribution is 2.35. The van der Waals surface area contributed by atoms with Crippen LogP contribution in [0.1, 0.15) is 65.9 Å². The number of nitrogens with one attached hydrogen (secondary N) is 1. The van der Waals surface area contributed by atoms with E-state index in [1.807, 2.05) is 0 Å². The Balaban J connectivity index is 1.52. The number of hydrogen-bond acceptors (Lipinski definition) is 3. The molecule has 1 aromatic heterocycles. The van der Waals surface area contributed by atoms with Gasteiger partial charge in [-0.3, -0.25) is 14.3 Å². The summed E-state index contributed by atoms with van der Waals surface area (Å²) in [5.74, 6) is -1.25. The Morgan fingerprint density at radius 1 is 1.18 bits per heavy atom. The number of halogens is 3. The molecule has 1 N–H and O–H groups in total. The molecule has 0 bridgehead atoms. The van der Waals surface area contributed by atoms with Crippen molar-refractivity contribution < 1.29 is 18.0 Å². The summed E-state index contributed by atoms with van der Waals surface area (Å²) >= 11 is 0. The molecule has 1 amide bonds. The van der Waals surface area contributed by atoms with Crippen molar-refractivity contribution in [2.24, 2.45) is 5.92 Å². The summed E-state index contributed by atoms with van der Waals surface area (Å²) in [5, 5.41) is 7.26. The number of alkyl halides is 1. The number of nitrogens with zero attached hydrogens (tertiary/aromatic N) is 3. The summed E-state index contributed by atoms with van der Waals surface area (Å²) in [4.78, 5) is 18.6. The topological polar surface area (TPSA) is 61.9 Å². The predicted octanol–water partition coefficient (Wildman–Crippen LogP) is 3.96. The molecule has 0 unspecified atom stereocenters. The monoisotopic (exact) mass is 392 g/mol. The van der Waals surface area contributed by atoms with Gasteiger partial charge < -0.3 is 4.90 Å². The number of carbonyl (C=O) groups is 1. The molecule has 1 saturated carbocycles. The Labute approximate surface area is 161 Å². The lowest BCUT2D eigenvalue weighted by Gasteiger charge is -2.18. The summed E-state index contributed by atoms with van der Waals surface area (Å²) in [5.41, 5.74) is -0.335. The molecule has 4 rings (SSSR count). The van der Waals surface area contributed by atoms with Gasteiger partial charge in [-0.25, -0.2) is 13.8 Å². The van der Waals surface area contributed by atoms with Crippen molar-refractivity contribution in [2.45, 2.75) is 43.9 Å². The third-order valence-electron chi connectivity index (χ3n) is 5.93. The maximum atomic E-state index is 14.0. The van der Waals surface area contributed by atoms with Crippen molar-refractivity contribution in [3.05, 3.63) is 47.0 Å². The molecule has 2 atom stereocenters. The number of aromatic amines is 1. The smallest absolute Gasteiger partial charge is 0.256 e. The Hall–Kier alpha value is -2.38. The SMILES string of the molecule is O=C(c1cc(F)ccc1F)N1C[C@@H](CF)[C@H](c2nc(C3CCCCC3)n[nH]2)C1. The van der Waals surface area contributed by atoms with Crippen LogP contribution in [0.4, 0.5) is 13.2 Å². The van der Waals surface area contributed by atoms with Crippen LogP contribution in [0.2, 0.25) is 0 Å². The number of benzene rings is 1. The zero-order chi connectivity index (χ0) is 19.7. The molecule has 2 heterocycles. The number of carbonyl (C=O) groups excluding carboxylic acids is 1. The van der Waals surface area contributed by atoms with Crippen LogP contribution in [0.5, 0.6) is 0 Å². The summed E-state index contributed by atoms with van der Waals surface area (Å²) in [7, 11) is 0. The number of likely N-dealkylation sites (tertiary alicyclic amines) is 1. The summed E-state index contributed by atoms with van der Waals surface area (Å²) < 4.78 is 41.0. The molecule has 1 aliphatic carbocycles. The number of amides is 1. The quantitative estimate of drug-likeness (QED) is 0.857. The van der Waals surface area contributed by atoms with Gasteiger partial charge in [0.25, 0.3) is 5.91 Å².